The topological polar surface area (TPSA) is 86.5 Å². The van der Waals surface area contributed by atoms with Crippen LogP contribution in [0.4, 0.5) is 5.69 Å². The SMILES string of the molecule is Cc1ccccc1NC(=O)CSc1nnc(-c2ccc3c(c2)OCO3)o1. The van der Waals surface area contributed by atoms with E-state index in [0.29, 0.717) is 22.6 Å². The fraction of sp³-hybridized carbons (Fsp3) is 0.167. The molecule has 0 radical (unpaired) electrons. The Kier molecular flexibility index (Phi) is 4.49. The number of para-hydroxylation sites is 1. The maximum absolute atomic E-state index is 12.1. The number of ether oxygens (including phenoxy) is 2. The molecule has 1 aromatic heterocycles. The van der Waals surface area contributed by atoms with Gasteiger partial charge in [0.25, 0.3) is 5.22 Å². The third kappa shape index (κ3) is 3.50. The number of nitrogens with zero attached hydrogens (tertiary/aromatic N) is 2. The van der Waals surface area contributed by atoms with Crippen molar-refractivity contribution in [1.29, 1.82) is 0 Å². The van der Waals surface area contributed by atoms with Crippen LogP contribution < -0.4 is 14.8 Å². The van der Waals surface area contributed by atoms with Crippen molar-refractivity contribution in [3.8, 4) is 23.0 Å². The molecule has 0 atom stereocenters. The number of nitrogens with one attached hydrogen (secondary N) is 1. The van der Waals surface area contributed by atoms with Crippen molar-refractivity contribution < 1.29 is 18.7 Å². The average molecular weight is 369 g/mol. The molecular weight excluding hydrogens is 354 g/mol. The summed E-state index contributed by atoms with van der Waals surface area (Å²) in [6.45, 7) is 2.15. The molecule has 0 bridgehead atoms. The summed E-state index contributed by atoms with van der Waals surface area (Å²) in [5.74, 6) is 1.75. The summed E-state index contributed by atoms with van der Waals surface area (Å²) in [5.41, 5.74) is 2.54. The Balaban J connectivity index is 1.38. The number of aryl methyl sites for hydroxylation is 1. The van der Waals surface area contributed by atoms with Gasteiger partial charge in [-0.3, -0.25) is 4.79 Å². The molecule has 2 heterocycles. The van der Waals surface area contributed by atoms with Gasteiger partial charge in [-0.25, -0.2) is 0 Å². The van der Waals surface area contributed by atoms with Crippen molar-refractivity contribution in [3.63, 3.8) is 0 Å². The van der Waals surface area contributed by atoms with E-state index >= 15 is 0 Å². The summed E-state index contributed by atoms with van der Waals surface area (Å²) in [6.07, 6.45) is 0. The van der Waals surface area contributed by atoms with Crippen LogP contribution >= 0.6 is 11.8 Å². The fourth-order valence-corrected chi connectivity index (χ4v) is 3.00. The van der Waals surface area contributed by atoms with E-state index in [9.17, 15) is 4.79 Å². The Hall–Kier alpha value is -3.00. The third-order valence-electron chi connectivity index (χ3n) is 3.77. The minimum Gasteiger partial charge on any atom is -0.454 e. The molecule has 0 fully saturated rings. The standard InChI is InChI=1S/C18H15N3O4S/c1-11-4-2-3-5-13(11)19-16(22)9-26-18-21-20-17(25-18)12-6-7-14-15(8-12)24-10-23-14/h2-8H,9-10H2,1H3,(H,19,22). The normalized spacial score (nSPS) is 12.2. The molecular formula is C18H15N3O4S. The zero-order chi connectivity index (χ0) is 17.9. The lowest BCUT2D eigenvalue weighted by atomic mass is 10.2. The first-order chi connectivity index (χ1) is 12.7. The van der Waals surface area contributed by atoms with Gasteiger partial charge >= 0.3 is 0 Å². The van der Waals surface area contributed by atoms with Gasteiger partial charge in [0.2, 0.25) is 18.6 Å². The van der Waals surface area contributed by atoms with E-state index in [2.05, 4.69) is 15.5 Å². The zero-order valence-corrected chi connectivity index (χ0v) is 14.7. The molecule has 2 aromatic carbocycles. The lowest BCUT2D eigenvalue weighted by Crippen LogP contribution is -2.14. The predicted octanol–water partition coefficient (Wildman–Crippen LogP) is 3.50. The quantitative estimate of drug-likeness (QED) is 0.689. The molecule has 0 unspecified atom stereocenters. The van der Waals surface area contributed by atoms with E-state index < -0.39 is 0 Å². The van der Waals surface area contributed by atoms with E-state index in [1.807, 2.05) is 37.3 Å². The predicted molar refractivity (Wildman–Crippen MR) is 96.4 cm³/mol. The van der Waals surface area contributed by atoms with Gasteiger partial charge in [-0.05, 0) is 36.8 Å². The van der Waals surface area contributed by atoms with Crippen LogP contribution in [0.25, 0.3) is 11.5 Å². The van der Waals surface area contributed by atoms with Crippen molar-refractivity contribution >= 4 is 23.4 Å². The Bertz CT molecular complexity index is 957. The summed E-state index contributed by atoms with van der Waals surface area (Å²) in [5, 5.41) is 11.2. The number of benzene rings is 2. The monoisotopic (exact) mass is 369 g/mol. The van der Waals surface area contributed by atoms with Gasteiger partial charge in [0, 0.05) is 11.3 Å². The largest absolute Gasteiger partial charge is 0.454 e. The number of thioether (sulfide) groups is 1. The summed E-state index contributed by atoms with van der Waals surface area (Å²) in [6, 6.07) is 13.0. The first kappa shape index (κ1) is 16.5. The molecule has 132 valence electrons. The average Bonchev–Trinajstić information content (AvgIpc) is 3.30. The Morgan fingerprint density at radius 3 is 2.88 bits per heavy atom. The number of fused-ring (bicyclic) bond motifs is 1. The van der Waals surface area contributed by atoms with E-state index in [4.69, 9.17) is 13.9 Å². The lowest BCUT2D eigenvalue weighted by Gasteiger charge is -2.06. The Morgan fingerprint density at radius 2 is 2.00 bits per heavy atom. The summed E-state index contributed by atoms with van der Waals surface area (Å²) >= 11 is 1.19. The number of aromatic nitrogens is 2. The number of amides is 1. The fourth-order valence-electron chi connectivity index (χ4n) is 2.44. The minimum absolute atomic E-state index is 0.132. The van der Waals surface area contributed by atoms with E-state index in [-0.39, 0.29) is 18.5 Å². The molecule has 7 nitrogen and oxygen atoms in total. The van der Waals surface area contributed by atoms with Gasteiger partial charge in [0.05, 0.1) is 5.75 Å². The molecule has 3 aromatic rings. The zero-order valence-electron chi connectivity index (χ0n) is 13.9. The Labute approximate surface area is 153 Å². The number of anilines is 1. The van der Waals surface area contributed by atoms with Crippen LogP contribution in [0.2, 0.25) is 0 Å². The van der Waals surface area contributed by atoms with Gasteiger partial charge < -0.3 is 19.2 Å². The molecule has 1 aliphatic rings. The maximum atomic E-state index is 12.1. The van der Waals surface area contributed by atoms with Crippen LogP contribution in [-0.2, 0) is 4.79 Å². The van der Waals surface area contributed by atoms with Crippen molar-refractivity contribution in [2.75, 3.05) is 17.9 Å². The van der Waals surface area contributed by atoms with Crippen LogP contribution in [0.3, 0.4) is 0 Å². The highest BCUT2D eigenvalue weighted by atomic mass is 32.2. The van der Waals surface area contributed by atoms with Crippen molar-refractivity contribution in [2.24, 2.45) is 0 Å². The highest BCUT2D eigenvalue weighted by molar-refractivity contribution is 7.99. The van der Waals surface area contributed by atoms with Gasteiger partial charge in [0.1, 0.15) is 0 Å². The lowest BCUT2D eigenvalue weighted by molar-refractivity contribution is -0.113. The van der Waals surface area contributed by atoms with Crippen LogP contribution in [-0.4, -0.2) is 28.7 Å². The number of hydrogen-bond acceptors (Lipinski definition) is 7. The van der Waals surface area contributed by atoms with Crippen molar-refractivity contribution in [3.05, 3.63) is 48.0 Å². The summed E-state index contributed by atoms with van der Waals surface area (Å²) < 4.78 is 16.2. The maximum Gasteiger partial charge on any atom is 0.277 e. The molecule has 1 aliphatic heterocycles. The molecule has 4 rings (SSSR count). The second kappa shape index (κ2) is 7.09. The second-order valence-electron chi connectivity index (χ2n) is 5.59. The number of carbonyl (C=O) groups is 1. The molecule has 0 saturated carbocycles. The van der Waals surface area contributed by atoms with Crippen molar-refractivity contribution in [2.45, 2.75) is 12.1 Å². The molecule has 8 heteroatoms. The molecule has 1 N–H and O–H groups in total. The second-order valence-corrected chi connectivity index (χ2v) is 6.52. The van der Waals surface area contributed by atoms with Crippen LogP contribution in [0.1, 0.15) is 5.56 Å². The van der Waals surface area contributed by atoms with Crippen LogP contribution in [0.15, 0.2) is 52.1 Å². The number of rotatable bonds is 5. The number of carbonyl (C=O) groups excluding carboxylic acids is 1. The number of hydrogen-bond donors (Lipinski definition) is 1. The van der Waals surface area contributed by atoms with E-state index in [1.54, 1.807) is 12.1 Å². The van der Waals surface area contributed by atoms with Gasteiger partial charge in [-0.1, -0.05) is 30.0 Å². The first-order valence-corrected chi connectivity index (χ1v) is 8.89. The van der Waals surface area contributed by atoms with Crippen LogP contribution in [0.5, 0.6) is 11.5 Å². The van der Waals surface area contributed by atoms with Gasteiger partial charge in [0.15, 0.2) is 11.5 Å². The highest BCUT2D eigenvalue weighted by Crippen LogP contribution is 2.36. The first-order valence-electron chi connectivity index (χ1n) is 7.91. The molecule has 0 aliphatic carbocycles. The molecule has 1 amide bonds. The summed E-state index contributed by atoms with van der Waals surface area (Å²) in [4.78, 5) is 12.1. The smallest absolute Gasteiger partial charge is 0.277 e. The van der Waals surface area contributed by atoms with E-state index in [0.717, 1.165) is 16.8 Å². The Morgan fingerprint density at radius 1 is 1.15 bits per heavy atom. The van der Waals surface area contributed by atoms with Gasteiger partial charge in [-0.2, -0.15) is 0 Å². The molecule has 0 spiro atoms. The van der Waals surface area contributed by atoms with Crippen LogP contribution in [0, 0.1) is 6.92 Å². The van der Waals surface area contributed by atoms with Crippen molar-refractivity contribution in [1.82, 2.24) is 10.2 Å². The molecule has 0 saturated heterocycles. The van der Waals surface area contributed by atoms with Gasteiger partial charge in [-0.15, -0.1) is 10.2 Å². The summed E-state index contributed by atoms with van der Waals surface area (Å²) in [7, 11) is 0. The van der Waals surface area contributed by atoms with E-state index in [1.165, 1.54) is 11.8 Å². The third-order valence-corrected chi connectivity index (χ3v) is 4.59. The minimum atomic E-state index is -0.132. The highest BCUT2D eigenvalue weighted by Gasteiger charge is 2.17. The molecule has 26 heavy (non-hydrogen) atoms.